The third-order valence-corrected chi connectivity index (χ3v) is 23.3. The summed E-state index contributed by atoms with van der Waals surface area (Å²) in [5.41, 5.74) is 1.88. The Morgan fingerprint density at radius 3 is 1.78 bits per heavy atom. The number of hydrogen-bond donors (Lipinski definition) is 1. The predicted octanol–water partition coefficient (Wildman–Crippen LogP) is 12.5. The fourth-order valence-corrected chi connectivity index (χ4v) is 16.3. The summed E-state index contributed by atoms with van der Waals surface area (Å²) >= 11 is 0. The van der Waals surface area contributed by atoms with Crippen molar-refractivity contribution in [1.29, 1.82) is 0 Å². The van der Waals surface area contributed by atoms with Gasteiger partial charge >= 0.3 is 0 Å². The highest BCUT2D eigenvalue weighted by Crippen LogP contribution is 2.49. The number of carbonyl (C=O) groups excluding carboxylic acids is 1. The van der Waals surface area contributed by atoms with Crippen LogP contribution in [0.25, 0.3) is 0 Å². The molecule has 0 spiro atoms. The summed E-state index contributed by atoms with van der Waals surface area (Å²) in [6.45, 7) is 19.6. The quantitative estimate of drug-likeness (QED) is 0.0530. The van der Waals surface area contributed by atoms with Gasteiger partial charge in [0.1, 0.15) is 18.0 Å². The van der Waals surface area contributed by atoms with Crippen LogP contribution >= 0.6 is 0 Å². The molecule has 0 amide bonds. The van der Waals surface area contributed by atoms with Gasteiger partial charge in [0.05, 0.1) is 104 Å². The molecule has 432 valence electrons. The van der Waals surface area contributed by atoms with Crippen molar-refractivity contribution in [3.8, 4) is 0 Å². The molecule has 0 unspecified atom stereocenters. The van der Waals surface area contributed by atoms with E-state index in [0.29, 0.717) is 78.0 Å². The van der Waals surface area contributed by atoms with Crippen LogP contribution in [0.3, 0.4) is 0 Å². The van der Waals surface area contributed by atoms with Crippen LogP contribution in [0.15, 0.2) is 121 Å². The Hall–Kier alpha value is -3.67. The normalized spacial score (nSPS) is 34.3. The number of hydrogen-bond acceptors (Lipinski definition) is 12. The van der Waals surface area contributed by atoms with E-state index in [4.69, 9.17) is 47.1 Å². The lowest BCUT2D eigenvalue weighted by Gasteiger charge is -2.55. The van der Waals surface area contributed by atoms with E-state index < -0.39 is 61.7 Å². The minimum Gasteiger partial charge on any atom is -0.411 e. The van der Waals surface area contributed by atoms with Gasteiger partial charge in [0.15, 0.2) is 8.32 Å². The van der Waals surface area contributed by atoms with Crippen molar-refractivity contribution in [3.63, 3.8) is 0 Å². The third kappa shape index (κ3) is 14.8. The highest BCUT2D eigenvalue weighted by molar-refractivity contribution is 6.73. The molecule has 0 aliphatic carbocycles. The van der Waals surface area contributed by atoms with Crippen molar-refractivity contribution < 1.29 is 57.0 Å². The van der Waals surface area contributed by atoms with E-state index in [1.165, 1.54) is 0 Å². The number of Topliss-reactive ketones (excluding diaryl/α,β-unsaturated/α-hetero) is 1. The van der Waals surface area contributed by atoms with Crippen molar-refractivity contribution in [3.05, 3.63) is 144 Å². The van der Waals surface area contributed by atoms with E-state index in [1.807, 2.05) is 79.7 Å². The fraction of sp³-hybridized carbons (Fsp3) is 0.621. The van der Waals surface area contributed by atoms with Crippen molar-refractivity contribution in [2.45, 2.75) is 248 Å². The Labute approximate surface area is 472 Å². The summed E-state index contributed by atoms with van der Waals surface area (Å²) in [5, 5.41) is 12.7. The zero-order chi connectivity index (χ0) is 55.6. The molecular formula is C66H92O12Si. The van der Waals surface area contributed by atoms with Crippen molar-refractivity contribution in [2.75, 3.05) is 6.61 Å². The molecular weight excluding hydrogens is 1010 g/mol. The van der Waals surface area contributed by atoms with Gasteiger partial charge in [0.25, 0.3) is 0 Å². The van der Waals surface area contributed by atoms with E-state index in [2.05, 4.69) is 97.0 Å². The SMILES string of the molecule is CC[Si](CC)(CC)O[C@@H]1CC[C@]2(C)O[C@H](C)[C@@H](OCc3ccccc3)C[C@H]2O[C@H]1[C@H](O)CC(=O)C[C@@]1(C)O[C@H]2C[C@H]3O[C@@H](CCOCc4ccccc4)[C@@H](C)[C@H](OCc4ccccc4)[C@@H]3O[C@]2(C)CC[C@@H]1OCc1ccccc1. The van der Waals surface area contributed by atoms with Crippen LogP contribution in [-0.4, -0.2) is 116 Å². The Morgan fingerprint density at radius 2 is 1.19 bits per heavy atom. The molecule has 1 N–H and O–H groups in total. The lowest BCUT2D eigenvalue weighted by Crippen LogP contribution is -2.65. The largest absolute Gasteiger partial charge is 0.411 e. The number of ketones is 1. The first-order chi connectivity index (χ1) is 38.1. The Kier molecular flexibility index (Phi) is 20.6. The number of rotatable bonds is 24. The Balaban J connectivity index is 0.950. The summed E-state index contributed by atoms with van der Waals surface area (Å²) in [7, 11) is -2.21. The Bertz CT molecular complexity index is 2460. The van der Waals surface area contributed by atoms with E-state index in [-0.39, 0.29) is 61.2 Å². The number of carbonyl (C=O) groups is 1. The molecule has 0 saturated carbocycles. The van der Waals surface area contributed by atoms with Gasteiger partial charge in [-0.2, -0.15) is 0 Å². The van der Waals surface area contributed by atoms with Crippen LogP contribution in [-0.2, 0) is 78.3 Å². The maximum Gasteiger partial charge on any atom is 0.192 e. The topological polar surface area (TPSA) is 130 Å². The second kappa shape index (κ2) is 27.1. The van der Waals surface area contributed by atoms with Crippen molar-refractivity contribution >= 4 is 14.1 Å². The highest BCUT2D eigenvalue weighted by atomic mass is 28.4. The van der Waals surface area contributed by atoms with Crippen LogP contribution in [0.1, 0.15) is 135 Å². The van der Waals surface area contributed by atoms with E-state index >= 15 is 4.79 Å². The number of benzene rings is 4. The highest BCUT2D eigenvalue weighted by Gasteiger charge is 2.59. The first-order valence-corrected chi connectivity index (χ1v) is 32.5. The summed E-state index contributed by atoms with van der Waals surface area (Å²) in [6.07, 6.45) is -0.900. The molecule has 4 aromatic rings. The van der Waals surface area contributed by atoms with Crippen LogP contribution in [0.5, 0.6) is 0 Å². The average Bonchev–Trinajstić information content (AvgIpc) is 3.89. The molecule has 5 aliphatic heterocycles. The van der Waals surface area contributed by atoms with Gasteiger partial charge in [-0.25, -0.2) is 0 Å². The fourth-order valence-electron chi connectivity index (χ4n) is 13.4. The molecule has 5 fully saturated rings. The second-order valence-electron chi connectivity index (χ2n) is 24.3. The number of aliphatic hydroxyl groups excluding tert-OH is 1. The van der Waals surface area contributed by atoms with E-state index in [1.54, 1.807) is 0 Å². The number of fused-ring (bicyclic) bond motifs is 3. The Morgan fingerprint density at radius 1 is 0.646 bits per heavy atom. The molecule has 79 heavy (non-hydrogen) atoms. The monoisotopic (exact) mass is 1100 g/mol. The van der Waals surface area contributed by atoms with Gasteiger partial charge in [-0.05, 0) is 100 Å². The summed E-state index contributed by atoms with van der Waals surface area (Å²) in [5.74, 6) is -0.121. The van der Waals surface area contributed by atoms with Gasteiger partial charge in [0.2, 0.25) is 0 Å². The van der Waals surface area contributed by atoms with E-state index in [9.17, 15) is 5.11 Å². The lowest BCUT2D eigenvalue weighted by molar-refractivity contribution is -0.317. The molecule has 5 aliphatic rings. The van der Waals surface area contributed by atoms with Gasteiger partial charge in [-0.1, -0.05) is 149 Å². The van der Waals surface area contributed by atoms with Crippen molar-refractivity contribution in [1.82, 2.24) is 0 Å². The van der Waals surface area contributed by atoms with Crippen LogP contribution < -0.4 is 0 Å². The molecule has 9 rings (SSSR count). The number of aliphatic hydroxyl groups is 1. The van der Waals surface area contributed by atoms with Gasteiger partial charge in [0, 0.05) is 38.2 Å². The van der Waals surface area contributed by atoms with Gasteiger partial charge < -0.3 is 52.2 Å². The van der Waals surface area contributed by atoms with Crippen LogP contribution in [0, 0.1) is 5.92 Å². The molecule has 16 atom stereocenters. The minimum absolute atomic E-state index is 0.0119. The minimum atomic E-state index is -2.21. The summed E-state index contributed by atoms with van der Waals surface area (Å²) < 4.78 is 69.9. The molecule has 13 heteroatoms. The molecule has 0 bridgehead atoms. The summed E-state index contributed by atoms with van der Waals surface area (Å²) in [6, 6.07) is 43.7. The molecule has 0 aromatic heterocycles. The van der Waals surface area contributed by atoms with Crippen LogP contribution in [0.2, 0.25) is 18.1 Å². The van der Waals surface area contributed by atoms with Crippen LogP contribution in [0.4, 0.5) is 0 Å². The molecule has 5 heterocycles. The van der Waals surface area contributed by atoms with E-state index in [0.717, 1.165) is 40.4 Å². The van der Waals surface area contributed by atoms with Gasteiger partial charge in [-0.3, -0.25) is 4.79 Å². The first-order valence-electron chi connectivity index (χ1n) is 29.9. The molecule has 12 nitrogen and oxygen atoms in total. The second-order valence-corrected chi connectivity index (χ2v) is 29.0. The molecule has 0 radical (unpaired) electrons. The zero-order valence-corrected chi connectivity index (χ0v) is 49.5. The predicted molar refractivity (Wildman–Crippen MR) is 308 cm³/mol. The zero-order valence-electron chi connectivity index (χ0n) is 48.5. The smallest absolute Gasteiger partial charge is 0.192 e. The lowest BCUT2D eigenvalue weighted by atomic mass is 9.78. The maximum atomic E-state index is 15.1. The molecule has 5 saturated heterocycles. The summed E-state index contributed by atoms with van der Waals surface area (Å²) in [4.78, 5) is 15.1. The first kappa shape index (κ1) is 59.9. The average molecular weight is 1110 g/mol. The van der Waals surface area contributed by atoms with Crippen molar-refractivity contribution in [2.24, 2.45) is 5.92 Å². The number of ether oxygens (including phenoxy) is 9. The molecule has 4 aromatic carbocycles. The standard InChI is InChI=1S/C66H92O12Si/c1-9-79(10-2,11-3)78-55-32-35-64(6)59(39-56(47(5)75-64)70-43-49-26-18-13-19-27-49)74-62(55)53(68)38-52(67)41-66(8)58(71-44-50-28-20-14-21-29-50)33-36-65(7)60(76-66)40-57-63(77-65)61(72-45-51-30-22-15-23-31-51)46(4)54(73-57)34-37-69-42-48-24-16-12-17-25-48/h12-31,46-47,53-63,68H,9-11,32-45H2,1-8H3/t46-,47-,53-,54+,55-,56+,57-,58+,59-,60+,61+,62+,63-,64+,65-,66-/m1/s1. The third-order valence-electron chi connectivity index (χ3n) is 18.6. The van der Waals surface area contributed by atoms with Gasteiger partial charge in [-0.15, -0.1) is 0 Å². The maximum absolute atomic E-state index is 15.1.